The average Bonchev–Trinajstić information content (AvgIpc) is 2.99. The second-order valence-corrected chi connectivity index (χ2v) is 7.32. The number of nitrogens with one attached hydrogen (secondary N) is 1. The van der Waals surface area contributed by atoms with Gasteiger partial charge in [0.25, 0.3) is 0 Å². The molecule has 3 rings (SSSR count). The number of fused-ring (bicyclic) bond motifs is 1. The number of pyridine rings is 1. The Kier molecular flexibility index (Phi) is 5.28. The molecule has 1 atom stereocenters. The van der Waals surface area contributed by atoms with Gasteiger partial charge >= 0.3 is 0 Å². The van der Waals surface area contributed by atoms with Crippen molar-refractivity contribution < 1.29 is 4.79 Å². The Morgan fingerprint density at radius 2 is 2.12 bits per heavy atom. The van der Waals surface area contributed by atoms with E-state index in [2.05, 4.69) is 15.5 Å². The largest absolute Gasteiger partial charge is 0.348 e. The van der Waals surface area contributed by atoms with Crippen molar-refractivity contribution in [1.29, 1.82) is 0 Å². The van der Waals surface area contributed by atoms with E-state index in [0.717, 1.165) is 10.5 Å². The third-order valence-corrected chi connectivity index (χ3v) is 5.21. The van der Waals surface area contributed by atoms with Crippen LogP contribution in [0.2, 0.25) is 10.0 Å². The summed E-state index contributed by atoms with van der Waals surface area (Å²) >= 11 is 13.5. The maximum absolute atomic E-state index is 12.3. The van der Waals surface area contributed by atoms with Crippen LogP contribution in [0, 0.1) is 0 Å². The highest BCUT2D eigenvalue weighted by molar-refractivity contribution is 8.00. The fourth-order valence-electron chi connectivity index (χ4n) is 2.13. The van der Waals surface area contributed by atoms with E-state index in [-0.39, 0.29) is 11.2 Å². The Bertz CT molecular complexity index is 883. The number of amides is 1. The van der Waals surface area contributed by atoms with Gasteiger partial charge in [0.05, 0.1) is 16.8 Å². The third-order valence-electron chi connectivity index (χ3n) is 3.37. The number of carbonyl (C=O) groups is 1. The van der Waals surface area contributed by atoms with Gasteiger partial charge in [0.15, 0.2) is 11.5 Å². The molecule has 0 aliphatic carbocycles. The smallest absolute Gasteiger partial charge is 0.233 e. The number of nitrogens with zero attached hydrogens (tertiary/aromatic N) is 3. The molecule has 2 heterocycles. The number of hydrogen-bond donors (Lipinski definition) is 1. The molecular formula is C16H14Cl2N4OS. The number of halogens is 2. The van der Waals surface area contributed by atoms with E-state index in [9.17, 15) is 4.79 Å². The van der Waals surface area contributed by atoms with Crippen molar-refractivity contribution in [3.05, 3.63) is 58.5 Å². The van der Waals surface area contributed by atoms with Crippen molar-refractivity contribution in [3.63, 3.8) is 0 Å². The van der Waals surface area contributed by atoms with Crippen LogP contribution < -0.4 is 5.32 Å². The lowest BCUT2D eigenvalue weighted by molar-refractivity contribution is -0.120. The number of aromatic nitrogens is 3. The van der Waals surface area contributed by atoms with E-state index in [1.807, 2.05) is 35.7 Å². The van der Waals surface area contributed by atoms with Gasteiger partial charge < -0.3 is 5.32 Å². The first-order valence-electron chi connectivity index (χ1n) is 7.22. The minimum Gasteiger partial charge on any atom is -0.348 e. The number of benzene rings is 1. The van der Waals surface area contributed by atoms with Crippen LogP contribution in [0.1, 0.15) is 12.7 Å². The maximum Gasteiger partial charge on any atom is 0.233 e. The molecule has 124 valence electrons. The summed E-state index contributed by atoms with van der Waals surface area (Å²) in [6, 6.07) is 10.8. The normalized spacial score (nSPS) is 12.3. The first-order valence-corrected chi connectivity index (χ1v) is 8.86. The van der Waals surface area contributed by atoms with Gasteiger partial charge in [-0.05, 0) is 37.3 Å². The van der Waals surface area contributed by atoms with Gasteiger partial charge in [-0.15, -0.1) is 22.0 Å². The lowest BCUT2D eigenvalue weighted by atomic mass is 10.4. The molecule has 1 amide bonds. The van der Waals surface area contributed by atoms with Gasteiger partial charge in [-0.2, -0.15) is 0 Å². The van der Waals surface area contributed by atoms with E-state index in [0.29, 0.717) is 22.4 Å². The van der Waals surface area contributed by atoms with Crippen LogP contribution in [0.25, 0.3) is 5.65 Å². The molecule has 24 heavy (non-hydrogen) atoms. The fraction of sp³-hybridized carbons (Fsp3) is 0.188. The molecule has 3 aromatic rings. The Balaban J connectivity index is 1.63. The van der Waals surface area contributed by atoms with Gasteiger partial charge in [0.2, 0.25) is 5.91 Å². The topological polar surface area (TPSA) is 59.3 Å². The zero-order valence-corrected chi connectivity index (χ0v) is 15.1. The van der Waals surface area contributed by atoms with E-state index >= 15 is 0 Å². The van der Waals surface area contributed by atoms with Crippen LogP contribution in [-0.4, -0.2) is 25.8 Å². The highest BCUT2D eigenvalue weighted by Crippen LogP contribution is 2.32. The molecule has 0 saturated heterocycles. The lowest BCUT2D eigenvalue weighted by Gasteiger charge is -2.12. The second kappa shape index (κ2) is 7.42. The summed E-state index contributed by atoms with van der Waals surface area (Å²) in [5, 5.41) is 11.9. The number of hydrogen-bond acceptors (Lipinski definition) is 4. The van der Waals surface area contributed by atoms with E-state index in [4.69, 9.17) is 23.2 Å². The Morgan fingerprint density at radius 3 is 2.96 bits per heavy atom. The summed E-state index contributed by atoms with van der Waals surface area (Å²) in [4.78, 5) is 13.1. The van der Waals surface area contributed by atoms with Gasteiger partial charge in [0.1, 0.15) is 0 Å². The minimum absolute atomic E-state index is 0.108. The summed E-state index contributed by atoms with van der Waals surface area (Å²) in [5.41, 5.74) is 0.745. The van der Waals surface area contributed by atoms with Gasteiger partial charge in [-0.3, -0.25) is 9.20 Å². The van der Waals surface area contributed by atoms with Crippen LogP contribution in [0.5, 0.6) is 0 Å². The molecule has 8 heteroatoms. The highest BCUT2D eigenvalue weighted by Gasteiger charge is 2.17. The molecule has 1 N–H and O–H groups in total. The summed E-state index contributed by atoms with van der Waals surface area (Å²) in [6.07, 6.45) is 1.86. The van der Waals surface area contributed by atoms with E-state index in [1.165, 1.54) is 11.8 Å². The molecule has 2 aromatic heterocycles. The van der Waals surface area contributed by atoms with Crippen molar-refractivity contribution in [2.45, 2.75) is 23.6 Å². The molecule has 0 saturated carbocycles. The zero-order chi connectivity index (χ0) is 17.1. The molecule has 0 aliphatic heterocycles. The molecule has 0 spiro atoms. The van der Waals surface area contributed by atoms with Crippen molar-refractivity contribution in [2.24, 2.45) is 0 Å². The highest BCUT2D eigenvalue weighted by atomic mass is 35.5. The Hall–Kier alpha value is -1.76. The molecule has 0 bridgehead atoms. The Labute approximate surface area is 153 Å². The SMILES string of the molecule is CC(Sc1cc(Cl)ccc1Cl)C(=O)NCc1nnc2ccccn12. The maximum atomic E-state index is 12.3. The Morgan fingerprint density at radius 1 is 1.29 bits per heavy atom. The number of thioether (sulfide) groups is 1. The van der Waals surface area contributed by atoms with Crippen molar-refractivity contribution in [1.82, 2.24) is 19.9 Å². The van der Waals surface area contributed by atoms with Gasteiger partial charge in [-0.25, -0.2) is 0 Å². The quantitative estimate of drug-likeness (QED) is 0.683. The summed E-state index contributed by atoms with van der Waals surface area (Å²) in [7, 11) is 0. The monoisotopic (exact) mass is 380 g/mol. The van der Waals surface area contributed by atoms with Crippen molar-refractivity contribution in [3.8, 4) is 0 Å². The summed E-state index contributed by atoms with van der Waals surface area (Å²) in [6.45, 7) is 2.12. The number of carbonyl (C=O) groups excluding carboxylic acids is 1. The van der Waals surface area contributed by atoms with Gasteiger partial charge in [-0.1, -0.05) is 29.3 Å². The first-order chi connectivity index (χ1) is 11.5. The molecule has 1 aromatic carbocycles. The van der Waals surface area contributed by atoms with E-state index < -0.39 is 0 Å². The van der Waals surface area contributed by atoms with Crippen LogP contribution in [0.15, 0.2) is 47.5 Å². The summed E-state index contributed by atoms with van der Waals surface area (Å²) in [5.74, 6) is 0.570. The zero-order valence-electron chi connectivity index (χ0n) is 12.7. The predicted molar refractivity (Wildman–Crippen MR) is 96.6 cm³/mol. The first kappa shape index (κ1) is 17.1. The molecule has 5 nitrogen and oxygen atoms in total. The molecular weight excluding hydrogens is 367 g/mol. The van der Waals surface area contributed by atoms with Crippen molar-refractivity contribution in [2.75, 3.05) is 0 Å². The standard InChI is InChI=1S/C16H14Cl2N4OS/c1-10(24-13-8-11(17)5-6-12(13)18)16(23)19-9-15-21-20-14-4-2-3-7-22(14)15/h2-8,10H,9H2,1H3,(H,19,23). The van der Waals surface area contributed by atoms with Crippen LogP contribution >= 0.6 is 35.0 Å². The fourth-order valence-corrected chi connectivity index (χ4v) is 3.57. The lowest BCUT2D eigenvalue weighted by Crippen LogP contribution is -2.31. The van der Waals surface area contributed by atoms with Crippen LogP contribution in [0.3, 0.4) is 0 Å². The van der Waals surface area contributed by atoms with Gasteiger partial charge in [0, 0.05) is 16.1 Å². The summed E-state index contributed by atoms with van der Waals surface area (Å²) < 4.78 is 1.84. The second-order valence-electron chi connectivity index (χ2n) is 5.10. The average molecular weight is 381 g/mol. The molecule has 0 radical (unpaired) electrons. The van der Waals surface area contributed by atoms with Crippen LogP contribution in [-0.2, 0) is 11.3 Å². The predicted octanol–water partition coefficient (Wildman–Crippen LogP) is 3.83. The van der Waals surface area contributed by atoms with Crippen LogP contribution in [0.4, 0.5) is 0 Å². The molecule has 0 aliphatic rings. The molecule has 0 fully saturated rings. The van der Waals surface area contributed by atoms with E-state index in [1.54, 1.807) is 18.2 Å². The van der Waals surface area contributed by atoms with Crippen molar-refractivity contribution >= 4 is 46.5 Å². The molecule has 1 unspecified atom stereocenters. The number of rotatable bonds is 5. The third kappa shape index (κ3) is 3.83. The minimum atomic E-state index is -0.319.